The van der Waals surface area contributed by atoms with Crippen LogP contribution < -0.4 is 9.99 Å². The van der Waals surface area contributed by atoms with Crippen molar-refractivity contribution in [3.8, 4) is 11.1 Å². The fraction of sp³-hybridized carbons (Fsp3) is 0.250. The van der Waals surface area contributed by atoms with Crippen molar-refractivity contribution < 1.29 is 0 Å². The van der Waals surface area contributed by atoms with E-state index in [-0.39, 0.29) is 5.54 Å². The van der Waals surface area contributed by atoms with Crippen molar-refractivity contribution in [2.75, 3.05) is 5.32 Å². The highest BCUT2D eigenvalue weighted by Gasteiger charge is 2.33. The van der Waals surface area contributed by atoms with E-state index in [0.29, 0.717) is 10.0 Å². The van der Waals surface area contributed by atoms with Gasteiger partial charge in [-0.25, -0.2) is 4.99 Å². The van der Waals surface area contributed by atoms with Crippen LogP contribution >= 0.6 is 43.9 Å². The number of anilines is 1. The van der Waals surface area contributed by atoms with E-state index in [2.05, 4.69) is 45.1 Å². The van der Waals surface area contributed by atoms with Crippen LogP contribution in [0.1, 0.15) is 29.9 Å². The molecule has 1 aromatic heterocycles. The maximum absolute atomic E-state index is 6.17. The van der Waals surface area contributed by atoms with E-state index in [0.717, 1.165) is 10.4 Å². The zero-order valence-corrected chi connectivity index (χ0v) is 18.1. The van der Waals surface area contributed by atoms with E-state index in [4.69, 9.17) is 28.2 Å². The van der Waals surface area contributed by atoms with Crippen LogP contribution in [0.4, 0.5) is 11.4 Å². The first kappa shape index (κ1) is 18.1. The lowest BCUT2D eigenvalue weighted by Gasteiger charge is -2.33. The Balaban J connectivity index is 1.99. The van der Waals surface area contributed by atoms with E-state index in [1.165, 1.54) is 32.8 Å². The minimum absolute atomic E-state index is 0.128. The maximum Gasteiger partial charge on any atom is 0.135 e. The largest absolute Gasteiger partial charge is 0.375 e. The van der Waals surface area contributed by atoms with Crippen LogP contribution in [0.25, 0.3) is 11.1 Å². The molecule has 134 valence electrons. The molecule has 0 atom stereocenters. The molecule has 26 heavy (non-hydrogen) atoms. The van der Waals surface area contributed by atoms with Crippen LogP contribution in [-0.4, -0.2) is 0 Å². The number of fused-ring (bicyclic) bond motifs is 3. The van der Waals surface area contributed by atoms with Gasteiger partial charge in [-0.3, -0.25) is 0 Å². The van der Waals surface area contributed by atoms with Crippen molar-refractivity contribution in [1.82, 2.24) is 0 Å². The molecular weight excluding hydrogens is 403 g/mol. The van der Waals surface area contributed by atoms with E-state index >= 15 is 0 Å². The van der Waals surface area contributed by atoms with Gasteiger partial charge in [-0.15, -0.1) is 0 Å². The molecule has 0 amide bonds. The molecule has 0 bridgehead atoms. The summed E-state index contributed by atoms with van der Waals surface area (Å²) in [7, 11) is 3.49. The average molecular weight is 421 g/mol. The number of rotatable bonds is 1. The molecule has 0 unspecified atom stereocenters. The molecule has 0 fully saturated rings. The molecule has 1 N–H and O–H groups in total. The summed E-state index contributed by atoms with van der Waals surface area (Å²) in [6.45, 7) is 8.74. The van der Waals surface area contributed by atoms with Gasteiger partial charge in [0.1, 0.15) is 4.67 Å². The predicted molar refractivity (Wildman–Crippen MR) is 115 cm³/mol. The lowest BCUT2D eigenvalue weighted by atomic mass is 9.88. The molecule has 0 spiro atoms. The van der Waals surface area contributed by atoms with Crippen molar-refractivity contribution in [3.05, 3.63) is 61.1 Å². The smallest absolute Gasteiger partial charge is 0.135 e. The van der Waals surface area contributed by atoms with Crippen molar-refractivity contribution in [2.45, 2.75) is 33.2 Å². The second-order valence-electron chi connectivity index (χ2n) is 7.12. The zero-order valence-electron chi connectivity index (χ0n) is 14.9. The van der Waals surface area contributed by atoms with E-state index in [1.54, 1.807) is 26.7 Å². The van der Waals surface area contributed by atoms with Crippen molar-refractivity contribution >= 4 is 55.3 Å². The summed E-state index contributed by atoms with van der Waals surface area (Å²) in [6.07, 6.45) is 0. The second kappa shape index (κ2) is 6.38. The van der Waals surface area contributed by atoms with Gasteiger partial charge in [-0.1, -0.05) is 43.9 Å². The molecule has 2 aromatic carbocycles. The zero-order chi connectivity index (χ0) is 18.6. The topological polar surface area (TPSA) is 24.4 Å². The number of aryl methyl sites for hydroxylation is 2. The molecule has 1 aliphatic rings. The van der Waals surface area contributed by atoms with Crippen LogP contribution in [0.3, 0.4) is 0 Å². The summed E-state index contributed by atoms with van der Waals surface area (Å²) >= 11 is 12.2. The van der Waals surface area contributed by atoms with Gasteiger partial charge in [0.25, 0.3) is 0 Å². The average Bonchev–Trinajstić information content (AvgIpc) is 2.98. The van der Waals surface area contributed by atoms with Gasteiger partial charge < -0.3 is 5.32 Å². The summed E-state index contributed by atoms with van der Waals surface area (Å²) < 4.78 is 1.02. The van der Waals surface area contributed by atoms with Gasteiger partial charge in [0.2, 0.25) is 0 Å². The highest BCUT2D eigenvalue weighted by Crippen LogP contribution is 2.46. The Morgan fingerprint density at radius 2 is 1.69 bits per heavy atom. The Bertz CT molecular complexity index is 1090. The number of hydrogen-bond acceptors (Lipinski definition) is 4. The quantitative estimate of drug-likeness (QED) is 0.410. The highest BCUT2D eigenvalue weighted by molar-refractivity contribution is 7.68. The minimum atomic E-state index is -0.128. The summed E-state index contributed by atoms with van der Waals surface area (Å²) in [5.74, 6) is 0. The molecular formula is C20H18Cl2N2S2. The maximum atomic E-state index is 6.17. The first-order valence-electron chi connectivity index (χ1n) is 8.29. The number of benzene rings is 2. The van der Waals surface area contributed by atoms with Crippen molar-refractivity contribution in [3.63, 3.8) is 0 Å². The van der Waals surface area contributed by atoms with Crippen LogP contribution in [0.15, 0.2) is 35.3 Å². The number of nitrogens with one attached hydrogen (secondary N) is 1. The monoisotopic (exact) mass is 420 g/mol. The summed E-state index contributed by atoms with van der Waals surface area (Å²) in [6, 6.07) is 10.0. The summed E-state index contributed by atoms with van der Waals surface area (Å²) in [5, 5.41) is 4.76. The molecule has 3 aromatic rings. The predicted octanol–water partition coefficient (Wildman–Crippen LogP) is 7.29. The lowest BCUT2D eigenvalue weighted by molar-refractivity contribution is 0.619. The van der Waals surface area contributed by atoms with Crippen molar-refractivity contribution in [1.29, 1.82) is 0 Å². The van der Waals surface area contributed by atoms with Gasteiger partial charge in [0.05, 0.1) is 26.1 Å². The van der Waals surface area contributed by atoms with Gasteiger partial charge in [0, 0.05) is 16.8 Å². The number of nitrogens with zero attached hydrogens (tertiary/aromatic N) is 1. The van der Waals surface area contributed by atoms with E-state index in [9.17, 15) is 0 Å². The second-order valence-corrected chi connectivity index (χ2v) is 10.1. The third-order valence-corrected chi connectivity index (χ3v) is 8.08. The van der Waals surface area contributed by atoms with Gasteiger partial charge in [0.15, 0.2) is 0 Å². The number of halogens is 2. The van der Waals surface area contributed by atoms with Crippen LogP contribution in [0.2, 0.25) is 10.0 Å². The Labute approximate surface area is 170 Å². The Morgan fingerprint density at radius 3 is 2.42 bits per heavy atom. The minimum Gasteiger partial charge on any atom is -0.375 e. The Hall–Kier alpha value is -1.33. The third-order valence-electron chi connectivity index (χ3n) is 4.70. The molecule has 4 rings (SSSR count). The molecule has 1 aliphatic heterocycles. The fourth-order valence-electron chi connectivity index (χ4n) is 3.18. The lowest BCUT2D eigenvalue weighted by Crippen LogP contribution is -2.31. The van der Waals surface area contributed by atoms with Crippen LogP contribution in [-0.2, 0) is 5.54 Å². The van der Waals surface area contributed by atoms with E-state index < -0.39 is 0 Å². The normalized spacial score (nSPS) is 15.4. The van der Waals surface area contributed by atoms with Crippen LogP contribution in [0, 0.1) is 13.8 Å². The molecule has 0 saturated heterocycles. The molecule has 0 saturated carbocycles. The van der Waals surface area contributed by atoms with Crippen molar-refractivity contribution in [2.24, 2.45) is 4.99 Å². The fourth-order valence-corrected chi connectivity index (χ4v) is 6.41. The first-order valence-corrected chi connectivity index (χ1v) is 11.2. The molecule has 6 heteroatoms. The van der Waals surface area contributed by atoms with Crippen LogP contribution in [0.5, 0.6) is 0 Å². The Morgan fingerprint density at radius 1 is 0.962 bits per heavy atom. The van der Waals surface area contributed by atoms with Gasteiger partial charge in [-0.05, 0) is 69.2 Å². The SMILES string of the molecule is Cc1cc2c(cc1C)-c1c(ssc1=Nc1ccc(Cl)c(Cl)c1)C(C)(C)N2. The molecule has 2 nitrogen and oxygen atoms in total. The van der Waals surface area contributed by atoms with E-state index in [1.807, 2.05) is 12.1 Å². The first-order chi connectivity index (χ1) is 12.3. The van der Waals surface area contributed by atoms with Gasteiger partial charge >= 0.3 is 0 Å². The highest BCUT2D eigenvalue weighted by atomic mass is 35.5. The number of hydrogen-bond donors (Lipinski definition) is 1. The summed E-state index contributed by atoms with van der Waals surface area (Å²) in [5.41, 5.74) is 6.88. The molecule has 0 radical (unpaired) electrons. The summed E-state index contributed by atoms with van der Waals surface area (Å²) in [4.78, 5) is 6.21. The third kappa shape index (κ3) is 2.99. The standard InChI is InChI=1S/C20H18Cl2N2S2/c1-10-7-13-16(8-11(10)2)24-20(3,4)18-17(13)19(26-25-18)23-12-5-6-14(21)15(22)9-12/h5-9,24H,1-4H3. The molecule has 2 heterocycles. The molecule has 0 aliphatic carbocycles. The Kier molecular flexibility index (Phi) is 4.43. The van der Waals surface area contributed by atoms with Gasteiger partial charge in [-0.2, -0.15) is 0 Å².